The Morgan fingerprint density at radius 1 is 1.00 bits per heavy atom. The summed E-state index contributed by atoms with van der Waals surface area (Å²) in [6, 6.07) is 14.6. The van der Waals surface area contributed by atoms with Gasteiger partial charge in [0.25, 0.3) is 0 Å². The Balaban J connectivity index is 0.00000320. The molecule has 0 spiro atoms. The van der Waals surface area contributed by atoms with Crippen molar-refractivity contribution in [3.05, 3.63) is 77.6 Å². The summed E-state index contributed by atoms with van der Waals surface area (Å²) >= 11 is 1.84. The van der Waals surface area contributed by atoms with E-state index in [0.717, 1.165) is 35.6 Å². The monoisotopic (exact) mass is 657 g/mol. The van der Waals surface area contributed by atoms with E-state index < -0.39 is 22.6 Å². The van der Waals surface area contributed by atoms with Gasteiger partial charge in [-0.1, -0.05) is 12.1 Å². The number of phenols is 3. The van der Waals surface area contributed by atoms with Gasteiger partial charge in [0.05, 0.1) is 21.8 Å². The van der Waals surface area contributed by atoms with Crippen molar-refractivity contribution < 1.29 is 28.7 Å². The average molecular weight is 657 g/mol. The van der Waals surface area contributed by atoms with E-state index in [0.29, 0.717) is 16.9 Å². The van der Waals surface area contributed by atoms with E-state index >= 15 is 0 Å². The summed E-state index contributed by atoms with van der Waals surface area (Å²) in [5, 5.41) is 28.6. The summed E-state index contributed by atoms with van der Waals surface area (Å²) in [5.41, 5.74) is 0.759. The van der Waals surface area contributed by atoms with Crippen molar-refractivity contribution in [3.8, 4) is 23.0 Å². The number of halogens is 1. The van der Waals surface area contributed by atoms with Crippen molar-refractivity contribution in [1.82, 2.24) is 0 Å². The summed E-state index contributed by atoms with van der Waals surface area (Å²) in [7, 11) is 2.35. The van der Waals surface area contributed by atoms with Crippen LogP contribution in [0.4, 0.5) is 4.39 Å². The Morgan fingerprint density at radius 2 is 1.67 bits per heavy atom. The number of thioether (sulfide) groups is 1. The Bertz CT molecular complexity index is 1040. The number of carbonyl (C=O) groups excluding carboxylic acids is 1. The molecule has 0 saturated heterocycles. The van der Waals surface area contributed by atoms with Crippen molar-refractivity contribution in [2.75, 3.05) is 0 Å². The first-order valence-corrected chi connectivity index (χ1v) is 11.3. The van der Waals surface area contributed by atoms with Gasteiger partial charge in [0.2, 0.25) is 0 Å². The van der Waals surface area contributed by atoms with Crippen molar-refractivity contribution in [3.63, 3.8) is 0 Å². The maximum absolute atomic E-state index is 14.4. The molecule has 2 atom stereocenters. The minimum absolute atomic E-state index is 0. The molecule has 3 aromatic rings. The molecule has 1 radical (unpaired) electrons. The summed E-state index contributed by atoms with van der Waals surface area (Å²) in [4.78, 5) is 13.0. The van der Waals surface area contributed by atoms with Crippen molar-refractivity contribution in [1.29, 1.82) is 0 Å². The minimum atomic E-state index is -1.02. The number of hydrogen-bond donors (Lipinski definition) is 3. The molecule has 3 N–H and O–H groups in total. The molecule has 0 heterocycles. The molecule has 5 nitrogen and oxygen atoms in total. The summed E-state index contributed by atoms with van der Waals surface area (Å²) in [5.74, 6) is -1.92. The molecule has 0 aliphatic rings. The van der Waals surface area contributed by atoms with E-state index in [1.54, 1.807) is 36.4 Å². The molecule has 30 heavy (non-hydrogen) atoms. The summed E-state index contributed by atoms with van der Waals surface area (Å²) in [6.07, 6.45) is 0. The van der Waals surface area contributed by atoms with Crippen LogP contribution in [0.2, 0.25) is 0 Å². The van der Waals surface area contributed by atoms with E-state index in [1.165, 1.54) is 12.1 Å². The second kappa shape index (κ2) is 11.2. The van der Waals surface area contributed by atoms with Gasteiger partial charge in [0, 0.05) is 5.56 Å². The molecule has 0 bridgehead atoms. The van der Waals surface area contributed by atoms with Crippen molar-refractivity contribution in [2.24, 2.45) is 0 Å². The Kier molecular flexibility index (Phi) is 9.27. The summed E-state index contributed by atoms with van der Waals surface area (Å²) in [6.45, 7) is 0. The van der Waals surface area contributed by atoms with Crippen LogP contribution in [0.25, 0.3) is 0 Å². The van der Waals surface area contributed by atoms with Gasteiger partial charge in [-0.2, -0.15) is 0 Å². The van der Waals surface area contributed by atoms with Gasteiger partial charge < -0.3 is 19.5 Å². The molecule has 0 saturated carbocycles. The molecular weight excluding hydrogens is 639 g/mol. The van der Waals surface area contributed by atoms with E-state index in [4.69, 9.17) is 4.18 Å². The standard InChI is InChI=1S/C20H16FO5PS2.Tl.2H/c21-17-15(23)8-9-16(24)20(17)28-19(12-2-1-3-13(22)10-12)18(25)11-4-6-14(7-5-11)26-29-27;;;/h1-10,19,22-24H,27H2;;;. The fourth-order valence-electron chi connectivity index (χ4n) is 2.61. The molecule has 0 amide bonds. The topological polar surface area (TPSA) is 87.0 Å². The van der Waals surface area contributed by atoms with Crippen LogP contribution < -0.4 is 4.18 Å². The van der Waals surface area contributed by atoms with Gasteiger partial charge in [-0.05, 0) is 62.5 Å². The van der Waals surface area contributed by atoms with Gasteiger partial charge in [-0.25, -0.2) is 4.39 Å². The molecule has 155 valence electrons. The number of benzene rings is 3. The first-order chi connectivity index (χ1) is 13.9. The first kappa shape index (κ1) is 24.8. The number of carbonyl (C=O) groups is 1. The third kappa shape index (κ3) is 5.81. The maximum atomic E-state index is 14.4. The molecular formula is C20H18FO5PS2Tl. The normalized spacial score (nSPS) is 11.4. The van der Waals surface area contributed by atoms with Crippen LogP contribution in [-0.2, 0) is 0 Å². The van der Waals surface area contributed by atoms with Gasteiger partial charge >= 0.3 is 27.3 Å². The zero-order chi connectivity index (χ0) is 21.0. The van der Waals surface area contributed by atoms with Crippen LogP contribution in [0, 0.1) is 5.82 Å². The van der Waals surface area contributed by atoms with Crippen LogP contribution in [0.3, 0.4) is 0 Å². The van der Waals surface area contributed by atoms with Crippen molar-refractivity contribution >= 4 is 64.9 Å². The Morgan fingerprint density at radius 3 is 2.30 bits per heavy atom. The third-order valence-electron chi connectivity index (χ3n) is 3.99. The first-order valence-electron chi connectivity index (χ1n) is 8.24. The fourth-order valence-corrected chi connectivity index (χ4v) is 4.32. The summed E-state index contributed by atoms with van der Waals surface area (Å²) < 4.78 is 19.7. The predicted molar refractivity (Wildman–Crippen MR) is 124 cm³/mol. The molecule has 0 fully saturated rings. The Hall–Kier alpha value is -1.49. The second-order valence-corrected chi connectivity index (χ2v) is 7.96. The van der Waals surface area contributed by atoms with E-state index in [2.05, 4.69) is 8.44 Å². The predicted octanol–water partition coefficient (Wildman–Crippen LogP) is 4.56. The van der Waals surface area contributed by atoms with Crippen LogP contribution >= 0.6 is 31.9 Å². The van der Waals surface area contributed by atoms with Crippen LogP contribution in [-0.4, -0.2) is 48.4 Å². The molecule has 0 aliphatic heterocycles. The van der Waals surface area contributed by atoms with E-state index in [9.17, 15) is 24.5 Å². The van der Waals surface area contributed by atoms with Gasteiger partial charge in [-0.15, -0.1) is 11.8 Å². The third-order valence-corrected chi connectivity index (χ3v) is 5.91. The number of phenolic OH excluding ortho intramolecular Hbond substituents is 3. The quantitative estimate of drug-likeness (QED) is 0.0859. The number of hydrogen-bond acceptors (Lipinski definition) is 7. The Labute approximate surface area is 203 Å². The zero-order valence-electron chi connectivity index (χ0n) is 15.8. The van der Waals surface area contributed by atoms with Gasteiger partial charge in [0.15, 0.2) is 17.3 Å². The molecule has 3 aromatic carbocycles. The second-order valence-electron chi connectivity index (χ2n) is 5.91. The molecule has 2 unspecified atom stereocenters. The average Bonchev–Trinajstić information content (AvgIpc) is 2.71. The molecule has 0 aliphatic carbocycles. The number of ketones is 1. The molecule has 0 aromatic heterocycles. The molecule has 3 rings (SSSR count). The fraction of sp³-hybridized carbons (Fsp3) is 0.0500. The van der Waals surface area contributed by atoms with E-state index in [-0.39, 0.29) is 43.7 Å². The van der Waals surface area contributed by atoms with Gasteiger partial charge in [-0.3, -0.25) is 4.79 Å². The van der Waals surface area contributed by atoms with Crippen LogP contribution in [0.1, 0.15) is 21.2 Å². The SMILES string of the molecule is O=C(c1ccc(OSP)cc1)C(Sc1c(O)ccc(O)c1F)c1cccc(O)c1.[TlH2]. The number of Topliss-reactive ketones (excluding diaryl/α,β-unsaturated/α-hetero) is 1. The van der Waals surface area contributed by atoms with E-state index in [1.807, 2.05) is 0 Å². The number of rotatable bonds is 7. The van der Waals surface area contributed by atoms with Crippen LogP contribution in [0.15, 0.2) is 65.6 Å². The number of aromatic hydroxyl groups is 3. The van der Waals surface area contributed by atoms with Gasteiger partial charge in [0.1, 0.15) is 17.2 Å². The van der Waals surface area contributed by atoms with Crippen molar-refractivity contribution in [2.45, 2.75) is 10.1 Å². The molecule has 10 heteroatoms. The van der Waals surface area contributed by atoms with Crippen LogP contribution in [0.5, 0.6) is 23.0 Å². The zero-order valence-corrected chi connectivity index (χ0v) is 26.3.